The lowest BCUT2D eigenvalue weighted by Crippen LogP contribution is -2.36. The highest BCUT2D eigenvalue weighted by atomic mass is 35.5. The van der Waals surface area contributed by atoms with Crippen LogP contribution in [0.15, 0.2) is 36.4 Å². The number of likely N-dealkylation sites (N-methyl/N-ethyl adjacent to an activating group) is 1. The van der Waals surface area contributed by atoms with Crippen molar-refractivity contribution < 1.29 is 19.0 Å². The molecule has 1 aromatic heterocycles. The number of para-hydroxylation sites is 1. The SMILES string of the molecule is COc1ccccc1C(=O)N(CCN(C)C)c1nc2cc3c(cc2s1)OCO3.Cl. The summed E-state index contributed by atoms with van der Waals surface area (Å²) < 4.78 is 17.2. The average Bonchev–Trinajstić information content (AvgIpc) is 3.31. The molecule has 0 aliphatic carbocycles. The maximum absolute atomic E-state index is 13.4. The van der Waals surface area contributed by atoms with Crippen molar-refractivity contribution in [1.82, 2.24) is 9.88 Å². The van der Waals surface area contributed by atoms with Crippen molar-refractivity contribution in [3.8, 4) is 17.2 Å². The van der Waals surface area contributed by atoms with Crippen LogP contribution in [0.2, 0.25) is 0 Å². The monoisotopic (exact) mass is 435 g/mol. The summed E-state index contributed by atoms with van der Waals surface area (Å²) >= 11 is 1.46. The van der Waals surface area contributed by atoms with Crippen LogP contribution in [0.4, 0.5) is 5.13 Å². The highest BCUT2D eigenvalue weighted by molar-refractivity contribution is 7.22. The normalized spacial score (nSPS) is 12.1. The van der Waals surface area contributed by atoms with Crippen LogP contribution in [0.3, 0.4) is 0 Å². The van der Waals surface area contributed by atoms with E-state index < -0.39 is 0 Å². The van der Waals surface area contributed by atoms with Gasteiger partial charge in [-0.05, 0) is 26.2 Å². The number of rotatable bonds is 6. The van der Waals surface area contributed by atoms with Gasteiger partial charge in [0.2, 0.25) is 6.79 Å². The Morgan fingerprint density at radius 1 is 1.17 bits per heavy atom. The molecular weight excluding hydrogens is 414 g/mol. The zero-order chi connectivity index (χ0) is 19.7. The number of hydrogen-bond donors (Lipinski definition) is 0. The smallest absolute Gasteiger partial charge is 0.263 e. The van der Waals surface area contributed by atoms with Gasteiger partial charge in [-0.15, -0.1) is 12.4 Å². The summed E-state index contributed by atoms with van der Waals surface area (Å²) in [6.07, 6.45) is 0. The number of thiazole rings is 1. The standard InChI is InChI=1S/C20H21N3O4S.ClH/c1-22(2)8-9-23(19(24)13-6-4-5-7-15(13)25-3)20-21-14-10-16-17(27-12-26-16)11-18(14)28-20;/h4-7,10-11H,8-9,12H2,1-3H3;1H. The van der Waals surface area contributed by atoms with Gasteiger partial charge in [-0.1, -0.05) is 23.5 Å². The molecule has 0 spiro atoms. The van der Waals surface area contributed by atoms with Crippen molar-refractivity contribution >= 4 is 45.0 Å². The largest absolute Gasteiger partial charge is 0.496 e. The summed E-state index contributed by atoms with van der Waals surface area (Å²) in [6, 6.07) is 11.0. The lowest BCUT2D eigenvalue weighted by molar-refractivity contribution is 0.0982. The summed E-state index contributed by atoms with van der Waals surface area (Å²) in [5.74, 6) is 1.79. The molecule has 2 heterocycles. The number of aromatic nitrogens is 1. The lowest BCUT2D eigenvalue weighted by atomic mass is 10.1. The van der Waals surface area contributed by atoms with Crippen LogP contribution in [-0.4, -0.2) is 56.9 Å². The van der Waals surface area contributed by atoms with E-state index in [-0.39, 0.29) is 25.1 Å². The molecule has 0 atom stereocenters. The van der Waals surface area contributed by atoms with Gasteiger partial charge >= 0.3 is 0 Å². The van der Waals surface area contributed by atoms with Gasteiger partial charge in [-0.3, -0.25) is 9.69 Å². The number of anilines is 1. The van der Waals surface area contributed by atoms with E-state index in [0.717, 1.165) is 10.2 Å². The van der Waals surface area contributed by atoms with Gasteiger partial charge in [0, 0.05) is 25.2 Å². The quantitative estimate of drug-likeness (QED) is 0.588. The number of nitrogens with zero attached hydrogens (tertiary/aromatic N) is 3. The van der Waals surface area contributed by atoms with Crippen molar-refractivity contribution in [3.63, 3.8) is 0 Å². The number of methoxy groups -OCH3 is 1. The molecule has 2 aromatic carbocycles. The second kappa shape index (κ2) is 8.86. The number of fused-ring (bicyclic) bond motifs is 2. The van der Waals surface area contributed by atoms with Gasteiger partial charge in [-0.25, -0.2) is 4.98 Å². The molecule has 3 aromatic rings. The van der Waals surface area contributed by atoms with E-state index in [1.165, 1.54) is 11.3 Å². The second-order valence-corrected chi connectivity index (χ2v) is 7.64. The van der Waals surface area contributed by atoms with Crippen LogP contribution in [0, 0.1) is 0 Å². The fraction of sp³-hybridized carbons (Fsp3) is 0.300. The molecule has 1 aliphatic heterocycles. The molecule has 0 fully saturated rings. The van der Waals surface area contributed by atoms with E-state index in [9.17, 15) is 4.79 Å². The number of benzene rings is 2. The fourth-order valence-corrected chi connectivity index (χ4v) is 3.97. The Labute approximate surface area is 179 Å². The molecule has 0 N–H and O–H groups in total. The van der Waals surface area contributed by atoms with E-state index in [4.69, 9.17) is 19.2 Å². The minimum Gasteiger partial charge on any atom is -0.496 e. The molecule has 29 heavy (non-hydrogen) atoms. The summed E-state index contributed by atoms with van der Waals surface area (Å²) in [6.45, 7) is 1.44. The van der Waals surface area contributed by atoms with Gasteiger partial charge < -0.3 is 19.1 Å². The first-order valence-electron chi connectivity index (χ1n) is 8.86. The third-order valence-corrected chi connectivity index (χ3v) is 5.50. The Balaban J connectivity index is 0.00000240. The molecule has 9 heteroatoms. The van der Waals surface area contributed by atoms with Gasteiger partial charge in [0.1, 0.15) is 5.75 Å². The predicted molar refractivity (Wildman–Crippen MR) is 116 cm³/mol. The molecule has 0 radical (unpaired) electrons. The Bertz CT molecular complexity index is 983. The summed E-state index contributed by atoms with van der Waals surface area (Å²) in [7, 11) is 5.52. The van der Waals surface area contributed by atoms with Crippen molar-refractivity contribution in [1.29, 1.82) is 0 Å². The summed E-state index contributed by atoms with van der Waals surface area (Å²) in [4.78, 5) is 21.8. The van der Waals surface area contributed by atoms with E-state index >= 15 is 0 Å². The van der Waals surface area contributed by atoms with Crippen LogP contribution < -0.4 is 19.1 Å². The van der Waals surface area contributed by atoms with Gasteiger partial charge in [0.15, 0.2) is 16.6 Å². The Morgan fingerprint density at radius 2 is 1.90 bits per heavy atom. The minimum atomic E-state index is -0.140. The lowest BCUT2D eigenvalue weighted by Gasteiger charge is -2.22. The first-order chi connectivity index (χ1) is 13.6. The van der Waals surface area contributed by atoms with Crippen LogP contribution in [0.25, 0.3) is 10.2 Å². The number of halogens is 1. The number of amides is 1. The van der Waals surface area contributed by atoms with Crippen LogP contribution in [0.1, 0.15) is 10.4 Å². The Hall–Kier alpha value is -2.55. The molecule has 1 amide bonds. The van der Waals surface area contributed by atoms with Crippen molar-refractivity contribution in [3.05, 3.63) is 42.0 Å². The van der Waals surface area contributed by atoms with E-state index in [1.54, 1.807) is 24.1 Å². The topological polar surface area (TPSA) is 64.1 Å². The fourth-order valence-electron chi connectivity index (χ4n) is 2.97. The Morgan fingerprint density at radius 3 is 2.62 bits per heavy atom. The zero-order valence-corrected chi connectivity index (χ0v) is 18.0. The van der Waals surface area contributed by atoms with E-state index in [1.807, 2.05) is 43.3 Å². The number of carbonyl (C=O) groups is 1. The molecule has 0 bridgehead atoms. The summed E-state index contributed by atoms with van der Waals surface area (Å²) in [5.41, 5.74) is 1.30. The van der Waals surface area contributed by atoms with Crippen molar-refractivity contribution in [2.75, 3.05) is 46.0 Å². The van der Waals surface area contributed by atoms with Gasteiger partial charge in [0.25, 0.3) is 5.91 Å². The van der Waals surface area contributed by atoms with Gasteiger partial charge in [0.05, 0.1) is 22.9 Å². The first kappa shape index (κ1) is 21.2. The highest BCUT2D eigenvalue weighted by Crippen LogP contribution is 2.40. The third kappa shape index (κ3) is 4.24. The van der Waals surface area contributed by atoms with E-state index in [0.29, 0.717) is 41.0 Å². The molecule has 0 saturated carbocycles. The molecule has 1 aliphatic rings. The predicted octanol–water partition coefficient (Wildman–Crippen LogP) is 3.66. The molecule has 4 rings (SSSR count). The molecule has 0 unspecified atom stereocenters. The molecular formula is C20H22ClN3O4S. The number of hydrogen-bond acceptors (Lipinski definition) is 7. The first-order valence-corrected chi connectivity index (χ1v) is 9.68. The maximum Gasteiger partial charge on any atom is 0.263 e. The molecule has 154 valence electrons. The van der Waals surface area contributed by atoms with Crippen molar-refractivity contribution in [2.45, 2.75) is 0 Å². The van der Waals surface area contributed by atoms with Crippen molar-refractivity contribution in [2.24, 2.45) is 0 Å². The van der Waals surface area contributed by atoms with Crippen LogP contribution >= 0.6 is 23.7 Å². The van der Waals surface area contributed by atoms with Gasteiger partial charge in [-0.2, -0.15) is 0 Å². The average molecular weight is 436 g/mol. The Kier molecular flexibility index (Phi) is 6.46. The molecule has 7 nitrogen and oxygen atoms in total. The van der Waals surface area contributed by atoms with Crippen LogP contribution in [-0.2, 0) is 0 Å². The second-order valence-electron chi connectivity index (χ2n) is 6.63. The number of ether oxygens (including phenoxy) is 3. The number of carbonyl (C=O) groups excluding carboxylic acids is 1. The third-order valence-electron chi connectivity index (χ3n) is 4.46. The maximum atomic E-state index is 13.4. The summed E-state index contributed by atoms with van der Waals surface area (Å²) in [5, 5.41) is 0.636. The zero-order valence-electron chi connectivity index (χ0n) is 16.4. The van der Waals surface area contributed by atoms with Crippen LogP contribution in [0.5, 0.6) is 17.2 Å². The van der Waals surface area contributed by atoms with E-state index in [2.05, 4.69) is 0 Å². The molecule has 0 saturated heterocycles. The highest BCUT2D eigenvalue weighted by Gasteiger charge is 2.25. The minimum absolute atomic E-state index is 0.